The van der Waals surface area contributed by atoms with Crippen molar-refractivity contribution in [3.63, 3.8) is 0 Å². The number of ether oxygens (including phenoxy) is 1. The molecule has 0 unspecified atom stereocenters. The molecule has 3 heterocycles. The minimum Gasteiger partial charge on any atom is -0.378 e. The number of piperidine rings is 1. The van der Waals surface area contributed by atoms with Crippen molar-refractivity contribution in [1.29, 1.82) is 0 Å². The highest BCUT2D eigenvalue weighted by Crippen LogP contribution is 2.37. The van der Waals surface area contributed by atoms with E-state index in [-0.39, 0.29) is 11.8 Å². The molecule has 160 valence electrons. The fourth-order valence-corrected chi connectivity index (χ4v) is 4.77. The Kier molecular flexibility index (Phi) is 5.47. The summed E-state index contributed by atoms with van der Waals surface area (Å²) in [6.45, 7) is 5.02. The van der Waals surface area contributed by atoms with Gasteiger partial charge in [-0.05, 0) is 48.7 Å². The minimum atomic E-state index is -0.177. The monoisotopic (exact) mass is 416 g/mol. The molecule has 1 amide bonds. The van der Waals surface area contributed by atoms with Gasteiger partial charge < -0.3 is 20.3 Å². The molecule has 0 atom stereocenters. The lowest BCUT2D eigenvalue weighted by Gasteiger charge is -2.32. The van der Waals surface area contributed by atoms with E-state index < -0.39 is 0 Å². The molecule has 1 aromatic heterocycles. The van der Waals surface area contributed by atoms with Crippen LogP contribution in [0.15, 0.2) is 54.7 Å². The van der Waals surface area contributed by atoms with Crippen LogP contribution in [0.4, 0.5) is 11.4 Å². The molecular weight excluding hydrogens is 388 g/mol. The lowest BCUT2D eigenvalue weighted by Crippen LogP contribution is -2.38. The quantitative estimate of drug-likeness (QED) is 0.705. The third kappa shape index (κ3) is 3.95. The second-order valence-electron chi connectivity index (χ2n) is 8.34. The molecule has 0 saturated carbocycles. The first-order valence-electron chi connectivity index (χ1n) is 11.1. The predicted molar refractivity (Wildman–Crippen MR) is 124 cm³/mol. The smallest absolute Gasteiger partial charge is 0.220 e. The number of carbonyl (C=O) groups excluding carboxylic acids is 1. The number of anilines is 2. The van der Waals surface area contributed by atoms with Crippen molar-refractivity contribution in [2.45, 2.75) is 12.8 Å². The molecular formula is C25H28N4O2. The fraction of sp³-hybridized carbons (Fsp3) is 0.360. The maximum Gasteiger partial charge on any atom is 0.220 e. The summed E-state index contributed by atoms with van der Waals surface area (Å²) in [5, 5.41) is 1.15. The van der Waals surface area contributed by atoms with Crippen molar-refractivity contribution in [2.75, 3.05) is 49.2 Å². The van der Waals surface area contributed by atoms with E-state index in [1.54, 1.807) is 0 Å². The van der Waals surface area contributed by atoms with Crippen LogP contribution >= 0.6 is 0 Å². The van der Waals surface area contributed by atoms with E-state index in [2.05, 4.69) is 63.3 Å². The Hall–Kier alpha value is -3.12. The topological polar surface area (TPSA) is 71.7 Å². The highest BCUT2D eigenvalue weighted by Gasteiger charge is 2.24. The highest BCUT2D eigenvalue weighted by atomic mass is 16.5. The Morgan fingerprint density at radius 3 is 2.48 bits per heavy atom. The summed E-state index contributed by atoms with van der Waals surface area (Å²) < 4.78 is 5.56. The number of hydrogen-bond acceptors (Lipinski definition) is 5. The molecule has 0 spiro atoms. The molecule has 0 aliphatic carbocycles. The first-order chi connectivity index (χ1) is 15.2. The van der Waals surface area contributed by atoms with Gasteiger partial charge in [-0.1, -0.05) is 18.2 Å². The second kappa shape index (κ2) is 8.55. The number of amides is 1. The van der Waals surface area contributed by atoms with Crippen molar-refractivity contribution in [1.82, 2.24) is 4.98 Å². The van der Waals surface area contributed by atoms with Gasteiger partial charge in [-0.25, -0.2) is 0 Å². The van der Waals surface area contributed by atoms with Crippen molar-refractivity contribution in [3.8, 4) is 11.1 Å². The summed E-state index contributed by atoms with van der Waals surface area (Å²) in [5.74, 6) is -0.182. The van der Waals surface area contributed by atoms with Crippen LogP contribution in [0.5, 0.6) is 0 Å². The number of aromatic nitrogens is 1. The first kappa shape index (κ1) is 19.8. The van der Waals surface area contributed by atoms with Gasteiger partial charge in [-0.3, -0.25) is 9.78 Å². The van der Waals surface area contributed by atoms with E-state index >= 15 is 0 Å². The van der Waals surface area contributed by atoms with Gasteiger partial charge in [0.15, 0.2) is 0 Å². The van der Waals surface area contributed by atoms with Crippen LogP contribution in [0.3, 0.4) is 0 Å². The zero-order valence-electron chi connectivity index (χ0n) is 17.7. The van der Waals surface area contributed by atoms with Crippen molar-refractivity contribution in [2.24, 2.45) is 11.7 Å². The number of fused-ring (bicyclic) bond motifs is 1. The molecule has 0 bridgehead atoms. The third-order valence-electron chi connectivity index (χ3n) is 6.53. The summed E-state index contributed by atoms with van der Waals surface area (Å²) in [5.41, 5.74) is 11.3. The number of hydrogen-bond donors (Lipinski definition) is 1. The normalized spacial score (nSPS) is 17.8. The molecule has 5 rings (SSSR count). The first-order valence-corrected chi connectivity index (χ1v) is 11.1. The van der Waals surface area contributed by atoms with Crippen LogP contribution in [-0.2, 0) is 9.53 Å². The van der Waals surface area contributed by atoms with Gasteiger partial charge in [-0.2, -0.15) is 0 Å². The maximum absolute atomic E-state index is 11.5. The molecule has 31 heavy (non-hydrogen) atoms. The lowest BCUT2D eigenvalue weighted by atomic mass is 9.95. The van der Waals surface area contributed by atoms with E-state index in [0.29, 0.717) is 0 Å². The summed E-state index contributed by atoms with van der Waals surface area (Å²) >= 11 is 0. The number of nitrogens with two attached hydrogens (primary N) is 1. The molecule has 6 heteroatoms. The zero-order chi connectivity index (χ0) is 21.2. The van der Waals surface area contributed by atoms with Gasteiger partial charge >= 0.3 is 0 Å². The SMILES string of the molecule is NC(=O)C1CCN(c2ccc3nccc(-c4ccccc4N4CCOCC4)c3c2)CC1. The molecule has 2 aliphatic rings. The number of primary amides is 1. The van der Waals surface area contributed by atoms with E-state index in [9.17, 15) is 4.79 Å². The highest BCUT2D eigenvalue weighted by molar-refractivity contribution is 5.99. The Balaban J connectivity index is 1.52. The van der Waals surface area contributed by atoms with Crippen LogP contribution < -0.4 is 15.5 Å². The Morgan fingerprint density at radius 1 is 0.935 bits per heavy atom. The van der Waals surface area contributed by atoms with Gasteiger partial charge in [0.05, 0.1) is 18.7 Å². The maximum atomic E-state index is 11.5. The third-order valence-corrected chi connectivity index (χ3v) is 6.53. The fourth-order valence-electron chi connectivity index (χ4n) is 4.77. The van der Waals surface area contributed by atoms with Gasteiger partial charge in [-0.15, -0.1) is 0 Å². The Labute approximate surface area is 182 Å². The van der Waals surface area contributed by atoms with E-state index in [4.69, 9.17) is 10.5 Å². The molecule has 2 N–H and O–H groups in total. The average molecular weight is 417 g/mol. The number of pyridine rings is 1. The van der Waals surface area contributed by atoms with Crippen LogP contribution in [0, 0.1) is 5.92 Å². The molecule has 0 radical (unpaired) electrons. The van der Waals surface area contributed by atoms with Crippen LogP contribution in [0.25, 0.3) is 22.0 Å². The number of nitrogens with zero attached hydrogens (tertiary/aromatic N) is 3. The van der Waals surface area contributed by atoms with Gasteiger partial charge in [0.25, 0.3) is 0 Å². The molecule has 3 aromatic rings. The molecule has 6 nitrogen and oxygen atoms in total. The molecule has 2 fully saturated rings. The van der Waals surface area contributed by atoms with Gasteiger partial charge in [0.1, 0.15) is 0 Å². The molecule has 2 aliphatic heterocycles. The standard InChI is InChI=1S/C25H28N4O2/c26-25(30)18-8-11-28(12-9-18)19-5-6-23-22(17-19)20(7-10-27-23)21-3-1-2-4-24(21)29-13-15-31-16-14-29/h1-7,10,17-18H,8-9,11-16H2,(H2,26,30). The predicted octanol–water partition coefficient (Wildman–Crippen LogP) is 3.44. The summed E-state index contributed by atoms with van der Waals surface area (Å²) in [6, 6.07) is 17.2. The lowest BCUT2D eigenvalue weighted by molar-refractivity contribution is -0.122. The van der Waals surface area contributed by atoms with Crippen LogP contribution in [-0.4, -0.2) is 50.3 Å². The number of para-hydroxylation sites is 1. The van der Waals surface area contributed by atoms with E-state index in [1.165, 1.54) is 22.5 Å². The second-order valence-corrected chi connectivity index (χ2v) is 8.34. The Bertz CT molecular complexity index is 1090. The van der Waals surface area contributed by atoms with Crippen LogP contribution in [0.1, 0.15) is 12.8 Å². The van der Waals surface area contributed by atoms with Gasteiger partial charge in [0, 0.05) is 60.6 Å². The minimum absolute atomic E-state index is 0.00525. The van der Waals surface area contributed by atoms with Crippen molar-refractivity contribution in [3.05, 3.63) is 54.7 Å². The molecule has 2 saturated heterocycles. The molecule has 2 aromatic carbocycles. The van der Waals surface area contributed by atoms with E-state index in [1.807, 2.05) is 6.20 Å². The van der Waals surface area contributed by atoms with Crippen LogP contribution in [0.2, 0.25) is 0 Å². The largest absolute Gasteiger partial charge is 0.378 e. The number of benzene rings is 2. The number of rotatable bonds is 4. The zero-order valence-corrected chi connectivity index (χ0v) is 17.7. The number of carbonyl (C=O) groups is 1. The van der Waals surface area contributed by atoms with Crippen molar-refractivity contribution >= 4 is 28.2 Å². The van der Waals surface area contributed by atoms with Crippen molar-refractivity contribution < 1.29 is 9.53 Å². The summed E-state index contributed by atoms with van der Waals surface area (Å²) in [7, 11) is 0. The summed E-state index contributed by atoms with van der Waals surface area (Å²) in [6.07, 6.45) is 3.52. The summed E-state index contributed by atoms with van der Waals surface area (Å²) in [4.78, 5) is 20.9. The Morgan fingerprint density at radius 2 is 1.71 bits per heavy atom. The average Bonchev–Trinajstić information content (AvgIpc) is 2.84. The van der Waals surface area contributed by atoms with E-state index in [0.717, 1.165) is 63.1 Å². The van der Waals surface area contributed by atoms with Gasteiger partial charge in [0.2, 0.25) is 5.91 Å². The number of morpholine rings is 1.